The van der Waals surface area contributed by atoms with Crippen LogP contribution in [0.4, 0.5) is 0 Å². The molecule has 0 bridgehead atoms. The van der Waals surface area contributed by atoms with Crippen LogP contribution in [0.2, 0.25) is 0 Å². The molecule has 2 rings (SSSR count). The number of allylic oxidation sites excluding steroid dienone is 1. The Kier molecular flexibility index (Phi) is 2.21. The molecule has 0 amide bonds. The smallest absolute Gasteiger partial charge is 0.262 e. The predicted molar refractivity (Wildman–Crippen MR) is 59.6 cm³/mol. The fourth-order valence-corrected chi connectivity index (χ4v) is 2.05. The van der Waals surface area contributed by atoms with Crippen molar-refractivity contribution in [3.8, 4) is 0 Å². The molecule has 0 aliphatic rings. The average Bonchev–Trinajstić information content (AvgIpc) is 2.62. The summed E-state index contributed by atoms with van der Waals surface area (Å²) in [5, 5.41) is 4.43. The zero-order chi connectivity index (χ0) is 10.1. The maximum absolute atomic E-state index is 11.8. The summed E-state index contributed by atoms with van der Waals surface area (Å²) in [5.74, 6) is 0.698. The van der Waals surface area contributed by atoms with Crippen molar-refractivity contribution in [2.75, 3.05) is 0 Å². The van der Waals surface area contributed by atoms with Gasteiger partial charge >= 0.3 is 0 Å². The van der Waals surface area contributed by atoms with Crippen LogP contribution < -0.4 is 5.56 Å². The van der Waals surface area contributed by atoms with Crippen molar-refractivity contribution in [1.29, 1.82) is 0 Å². The van der Waals surface area contributed by atoms with Gasteiger partial charge in [0.25, 0.3) is 5.56 Å². The second-order valence-corrected chi connectivity index (χ2v) is 3.75. The molecular formula is C10H10N2OS. The molecule has 4 heteroatoms. The van der Waals surface area contributed by atoms with E-state index < -0.39 is 0 Å². The number of aromatic nitrogens is 2. The molecule has 0 saturated carbocycles. The van der Waals surface area contributed by atoms with Gasteiger partial charge < -0.3 is 0 Å². The van der Waals surface area contributed by atoms with Gasteiger partial charge in [-0.25, -0.2) is 4.98 Å². The van der Waals surface area contributed by atoms with Crippen molar-refractivity contribution in [2.45, 2.75) is 6.92 Å². The Balaban J connectivity index is 2.87. The molecule has 0 atom stereocenters. The van der Waals surface area contributed by atoms with Gasteiger partial charge in [0.2, 0.25) is 0 Å². The molecule has 2 heterocycles. The molecule has 72 valence electrons. The molecule has 0 spiro atoms. The fourth-order valence-electron chi connectivity index (χ4n) is 1.32. The molecule has 0 aromatic carbocycles. The van der Waals surface area contributed by atoms with Gasteiger partial charge in [0.15, 0.2) is 0 Å². The molecule has 0 fully saturated rings. The Morgan fingerprint density at radius 2 is 2.29 bits per heavy atom. The SMILES string of the molecule is C/C=C/c1nc2cscc2c(=O)n1C. The van der Waals surface area contributed by atoms with E-state index in [0.29, 0.717) is 11.2 Å². The third-order valence-corrected chi connectivity index (χ3v) is 2.80. The van der Waals surface area contributed by atoms with Gasteiger partial charge in [0.1, 0.15) is 5.82 Å². The maximum atomic E-state index is 11.8. The van der Waals surface area contributed by atoms with Crippen molar-refractivity contribution in [2.24, 2.45) is 7.05 Å². The highest BCUT2D eigenvalue weighted by atomic mass is 32.1. The van der Waals surface area contributed by atoms with Gasteiger partial charge in [0, 0.05) is 17.8 Å². The van der Waals surface area contributed by atoms with E-state index in [0.717, 1.165) is 5.52 Å². The van der Waals surface area contributed by atoms with Crippen LogP contribution in [0.25, 0.3) is 17.0 Å². The number of nitrogens with zero attached hydrogens (tertiary/aromatic N) is 2. The number of fused-ring (bicyclic) bond motifs is 1. The van der Waals surface area contributed by atoms with E-state index in [1.165, 1.54) is 11.3 Å². The number of hydrogen-bond acceptors (Lipinski definition) is 3. The Labute approximate surface area is 85.3 Å². The average molecular weight is 206 g/mol. The lowest BCUT2D eigenvalue weighted by atomic mass is 10.3. The van der Waals surface area contributed by atoms with Crippen LogP contribution in [0.15, 0.2) is 21.6 Å². The molecule has 0 N–H and O–H groups in total. The van der Waals surface area contributed by atoms with Crippen molar-refractivity contribution in [3.63, 3.8) is 0 Å². The highest BCUT2D eigenvalue weighted by molar-refractivity contribution is 7.09. The first-order valence-corrected chi connectivity index (χ1v) is 5.24. The fraction of sp³-hybridized carbons (Fsp3) is 0.200. The molecule has 0 unspecified atom stereocenters. The normalized spacial score (nSPS) is 11.6. The molecule has 0 saturated heterocycles. The van der Waals surface area contributed by atoms with Crippen LogP contribution in [0.3, 0.4) is 0 Å². The van der Waals surface area contributed by atoms with Crippen LogP contribution in [0, 0.1) is 0 Å². The lowest BCUT2D eigenvalue weighted by molar-refractivity contribution is 0.828. The highest BCUT2D eigenvalue weighted by Gasteiger charge is 2.05. The Hall–Kier alpha value is -1.42. The topological polar surface area (TPSA) is 34.9 Å². The van der Waals surface area contributed by atoms with E-state index >= 15 is 0 Å². The minimum atomic E-state index is 0.0179. The Morgan fingerprint density at radius 1 is 1.50 bits per heavy atom. The Morgan fingerprint density at radius 3 is 3.00 bits per heavy atom. The van der Waals surface area contributed by atoms with Crippen molar-refractivity contribution >= 4 is 28.3 Å². The molecule has 0 radical (unpaired) electrons. The van der Waals surface area contributed by atoms with Gasteiger partial charge in [-0.3, -0.25) is 9.36 Å². The van der Waals surface area contributed by atoms with Crippen molar-refractivity contribution < 1.29 is 0 Å². The van der Waals surface area contributed by atoms with E-state index in [1.54, 1.807) is 11.6 Å². The van der Waals surface area contributed by atoms with E-state index in [9.17, 15) is 4.79 Å². The standard InChI is InChI=1S/C10H10N2OS/c1-3-4-9-11-8-6-14-5-7(8)10(13)12(9)2/h3-6H,1-2H3/b4-3+. The first kappa shape index (κ1) is 9.15. The van der Waals surface area contributed by atoms with Gasteiger partial charge in [0.05, 0.1) is 10.9 Å². The highest BCUT2D eigenvalue weighted by Crippen LogP contribution is 2.13. The lowest BCUT2D eigenvalue weighted by Gasteiger charge is -2.02. The third kappa shape index (κ3) is 1.28. The molecule has 0 aliphatic carbocycles. The third-order valence-electron chi connectivity index (χ3n) is 2.07. The van der Waals surface area contributed by atoms with E-state index in [-0.39, 0.29) is 5.56 Å². The first-order valence-electron chi connectivity index (χ1n) is 4.29. The lowest BCUT2D eigenvalue weighted by Crippen LogP contribution is -2.19. The van der Waals surface area contributed by atoms with Gasteiger partial charge in [-0.2, -0.15) is 0 Å². The van der Waals surface area contributed by atoms with Gasteiger partial charge in [-0.15, -0.1) is 11.3 Å². The van der Waals surface area contributed by atoms with Gasteiger partial charge in [-0.05, 0) is 13.0 Å². The summed E-state index contributed by atoms with van der Waals surface area (Å²) in [6.07, 6.45) is 3.71. The summed E-state index contributed by atoms with van der Waals surface area (Å²) in [4.78, 5) is 16.2. The molecular weight excluding hydrogens is 196 g/mol. The summed E-state index contributed by atoms with van der Waals surface area (Å²) in [5.41, 5.74) is 0.801. The number of hydrogen-bond donors (Lipinski definition) is 0. The van der Waals surface area contributed by atoms with Gasteiger partial charge in [-0.1, -0.05) is 6.08 Å². The predicted octanol–water partition coefficient (Wildman–Crippen LogP) is 2.03. The van der Waals surface area contributed by atoms with E-state index in [4.69, 9.17) is 0 Å². The first-order chi connectivity index (χ1) is 6.74. The molecule has 0 aliphatic heterocycles. The quantitative estimate of drug-likeness (QED) is 0.715. The number of thiophene rings is 1. The second kappa shape index (κ2) is 3.38. The maximum Gasteiger partial charge on any atom is 0.262 e. The van der Waals surface area contributed by atoms with E-state index in [1.807, 2.05) is 29.8 Å². The molecule has 3 nitrogen and oxygen atoms in total. The monoisotopic (exact) mass is 206 g/mol. The summed E-state index contributed by atoms with van der Waals surface area (Å²) < 4.78 is 1.56. The summed E-state index contributed by atoms with van der Waals surface area (Å²) >= 11 is 1.50. The van der Waals surface area contributed by atoms with Crippen LogP contribution >= 0.6 is 11.3 Å². The van der Waals surface area contributed by atoms with Crippen LogP contribution in [0.5, 0.6) is 0 Å². The largest absolute Gasteiger partial charge is 0.296 e. The summed E-state index contributed by atoms with van der Waals surface area (Å²) in [6, 6.07) is 0. The van der Waals surface area contributed by atoms with Crippen LogP contribution in [-0.4, -0.2) is 9.55 Å². The second-order valence-electron chi connectivity index (χ2n) is 3.00. The van der Waals surface area contributed by atoms with Crippen LogP contribution in [0.1, 0.15) is 12.7 Å². The van der Waals surface area contributed by atoms with Crippen LogP contribution in [-0.2, 0) is 7.05 Å². The van der Waals surface area contributed by atoms with Crippen molar-refractivity contribution in [1.82, 2.24) is 9.55 Å². The molecule has 2 aromatic rings. The van der Waals surface area contributed by atoms with Crippen molar-refractivity contribution in [3.05, 3.63) is 33.0 Å². The minimum Gasteiger partial charge on any atom is -0.296 e. The number of rotatable bonds is 1. The summed E-state index contributed by atoms with van der Waals surface area (Å²) in [7, 11) is 1.74. The zero-order valence-corrected chi connectivity index (χ0v) is 8.84. The minimum absolute atomic E-state index is 0.0179. The molecule has 14 heavy (non-hydrogen) atoms. The summed E-state index contributed by atoms with van der Waals surface area (Å²) in [6.45, 7) is 1.91. The Bertz CT molecular complexity index is 551. The zero-order valence-electron chi connectivity index (χ0n) is 8.02. The van der Waals surface area contributed by atoms with E-state index in [2.05, 4.69) is 4.98 Å². The molecule has 2 aromatic heterocycles.